The molecule has 5 rings (SSSR count). The van der Waals surface area contributed by atoms with E-state index in [1.165, 1.54) is 4.40 Å². The predicted octanol–water partition coefficient (Wildman–Crippen LogP) is 1.18. The van der Waals surface area contributed by atoms with Gasteiger partial charge in [-0.25, -0.2) is 9.67 Å². The highest BCUT2D eigenvalue weighted by Crippen LogP contribution is 2.24. The van der Waals surface area contributed by atoms with E-state index in [0.29, 0.717) is 23.9 Å². The molecule has 27 heavy (non-hydrogen) atoms. The maximum atomic E-state index is 12.3. The summed E-state index contributed by atoms with van der Waals surface area (Å²) < 4.78 is 3.15. The van der Waals surface area contributed by atoms with E-state index >= 15 is 0 Å². The monoisotopic (exact) mass is 381 g/mol. The Morgan fingerprint density at radius 2 is 2.04 bits per heavy atom. The van der Waals surface area contributed by atoms with Crippen molar-refractivity contribution in [2.45, 2.75) is 18.7 Å². The lowest BCUT2D eigenvalue weighted by Crippen LogP contribution is -2.50. The smallest absolute Gasteiger partial charge is 0.267 e. The van der Waals surface area contributed by atoms with Gasteiger partial charge in [-0.3, -0.25) is 14.0 Å². The fourth-order valence-electron chi connectivity index (χ4n) is 3.70. The highest BCUT2D eigenvalue weighted by Gasteiger charge is 2.29. The standard InChI is InChI=1S/C19H19N5O2S/c25-18-8-17(20-16-3-1-2-5-23(16)18)22-9-13(10-22)11-24-19(26)7-14-12-27-6-4-15(14)21-24/h1-3,5,7-8,13H,4,6,9-12H2. The van der Waals surface area contributed by atoms with Crippen LogP contribution in [0.1, 0.15) is 11.3 Å². The second-order valence-electron chi connectivity index (χ2n) is 7.09. The molecule has 0 aromatic carbocycles. The first kappa shape index (κ1) is 16.6. The van der Waals surface area contributed by atoms with E-state index in [2.05, 4.69) is 15.0 Å². The van der Waals surface area contributed by atoms with Crippen LogP contribution in [0.4, 0.5) is 5.82 Å². The number of hydrogen-bond acceptors (Lipinski definition) is 6. The summed E-state index contributed by atoms with van der Waals surface area (Å²) in [6.07, 6.45) is 2.65. The van der Waals surface area contributed by atoms with Crippen LogP contribution >= 0.6 is 11.8 Å². The molecule has 0 bridgehead atoms. The minimum absolute atomic E-state index is 0.0169. The third-order valence-electron chi connectivity index (χ3n) is 5.17. The second-order valence-corrected chi connectivity index (χ2v) is 8.20. The van der Waals surface area contributed by atoms with Crippen LogP contribution in [0, 0.1) is 5.92 Å². The van der Waals surface area contributed by atoms with Gasteiger partial charge >= 0.3 is 0 Å². The topological polar surface area (TPSA) is 72.5 Å². The highest BCUT2D eigenvalue weighted by atomic mass is 32.2. The summed E-state index contributed by atoms with van der Waals surface area (Å²) in [6, 6.07) is 8.84. The SMILES string of the molecule is O=c1cc2c(nn1CC1CN(c3cc(=O)n4ccccc4n3)C1)CCSC2. The first-order valence-electron chi connectivity index (χ1n) is 9.08. The molecule has 0 spiro atoms. The Balaban J connectivity index is 1.32. The molecule has 0 N–H and O–H groups in total. The summed E-state index contributed by atoms with van der Waals surface area (Å²) in [5.74, 6) is 2.99. The van der Waals surface area contributed by atoms with Crippen LogP contribution in [0.5, 0.6) is 0 Å². The molecule has 8 heteroatoms. The number of rotatable bonds is 3. The van der Waals surface area contributed by atoms with Crippen molar-refractivity contribution >= 4 is 23.2 Å². The van der Waals surface area contributed by atoms with Crippen molar-refractivity contribution in [2.24, 2.45) is 5.92 Å². The largest absolute Gasteiger partial charge is 0.356 e. The molecule has 0 atom stereocenters. The van der Waals surface area contributed by atoms with Gasteiger partial charge in [0.05, 0.1) is 12.2 Å². The minimum atomic E-state index is -0.0792. The number of anilines is 1. The molecule has 0 amide bonds. The van der Waals surface area contributed by atoms with Gasteiger partial charge in [-0.1, -0.05) is 6.07 Å². The van der Waals surface area contributed by atoms with Gasteiger partial charge in [0.1, 0.15) is 11.5 Å². The van der Waals surface area contributed by atoms with Gasteiger partial charge < -0.3 is 4.90 Å². The Hall–Kier alpha value is -2.61. The number of aryl methyl sites for hydroxylation is 1. The van der Waals surface area contributed by atoms with E-state index in [-0.39, 0.29) is 11.1 Å². The zero-order chi connectivity index (χ0) is 18.4. The second kappa shape index (κ2) is 6.53. The number of fused-ring (bicyclic) bond motifs is 2. The lowest BCUT2D eigenvalue weighted by Gasteiger charge is -2.40. The minimum Gasteiger partial charge on any atom is -0.356 e. The number of nitrogens with zero attached hydrogens (tertiary/aromatic N) is 5. The van der Waals surface area contributed by atoms with E-state index in [1.807, 2.05) is 30.0 Å². The zero-order valence-electron chi connectivity index (χ0n) is 14.7. The maximum absolute atomic E-state index is 12.3. The van der Waals surface area contributed by atoms with Crippen LogP contribution < -0.4 is 16.0 Å². The molecule has 0 saturated carbocycles. The van der Waals surface area contributed by atoms with Gasteiger partial charge in [-0.05, 0) is 23.4 Å². The molecular formula is C19H19N5O2S. The van der Waals surface area contributed by atoms with Gasteiger partial charge in [0.25, 0.3) is 11.1 Å². The Bertz CT molecular complexity index is 1130. The molecule has 2 aliphatic rings. The van der Waals surface area contributed by atoms with Crippen molar-refractivity contribution in [3.05, 3.63) is 68.5 Å². The molecule has 138 valence electrons. The number of thioether (sulfide) groups is 1. The summed E-state index contributed by atoms with van der Waals surface area (Å²) in [6.45, 7) is 2.16. The lowest BCUT2D eigenvalue weighted by atomic mass is 10.0. The molecule has 0 aliphatic carbocycles. The van der Waals surface area contributed by atoms with Crippen molar-refractivity contribution in [3.8, 4) is 0 Å². The fraction of sp³-hybridized carbons (Fsp3) is 0.368. The highest BCUT2D eigenvalue weighted by molar-refractivity contribution is 7.98. The predicted molar refractivity (Wildman–Crippen MR) is 106 cm³/mol. The number of pyridine rings is 1. The Labute approximate surface area is 159 Å². The molecule has 0 unspecified atom stereocenters. The van der Waals surface area contributed by atoms with E-state index in [4.69, 9.17) is 0 Å². The molecule has 1 fully saturated rings. The summed E-state index contributed by atoms with van der Waals surface area (Å²) >= 11 is 1.85. The van der Waals surface area contributed by atoms with Crippen LogP contribution in [0.25, 0.3) is 5.65 Å². The van der Waals surface area contributed by atoms with Crippen LogP contribution in [0.3, 0.4) is 0 Å². The number of hydrogen-bond donors (Lipinski definition) is 0. The van der Waals surface area contributed by atoms with Crippen LogP contribution in [-0.4, -0.2) is 38.0 Å². The van der Waals surface area contributed by atoms with Crippen molar-refractivity contribution in [1.29, 1.82) is 0 Å². The molecule has 2 aliphatic heterocycles. The van der Waals surface area contributed by atoms with Gasteiger partial charge in [-0.15, -0.1) is 0 Å². The van der Waals surface area contributed by atoms with Crippen LogP contribution in [-0.2, 0) is 18.7 Å². The molecule has 3 aromatic rings. The summed E-state index contributed by atoms with van der Waals surface area (Å²) in [7, 11) is 0. The number of aromatic nitrogens is 4. The van der Waals surface area contributed by atoms with E-state index in [9.17, 15) is 9.59 Å². The first-order chi connectivity index (χ1) is 13.2. The molecule has 3 aromatic heterocycles. The Morgan fingerprint density at radius 1 is 1.15 bits per heavy atom. The summed E-state index contributed by atoms with van der Waals surface area (Å²) in [5.41, 5.74) is 2.70. The molecular weight excluding hydrogens is 362 g/mol. The van der Waals surface area contributed by atoms with Crippen LogP contribution in [0.2, 0.25) is 0 Å². The van der Waals surface area contributed by atoms with Crippen molar-refractivity contribution in [2.75, 3.05) is 23.7 Å². The van der Waals surface area contributed by atoms with E-state index in [0.717, 1.165) is 42.3 Å². The van der Waals surface area contributed by atoms with Crippen molar-refractivity contribution in [1.82, 2.24) is 19.2 Å². The van der Waals surface area contributed by atoms with Gasteiger partial charge in [-0.2, -0.15) is 16.9 Å². The van der Waals surface area contributed by atoms with Gasteiger partial charge in [0.2, 0.25) is 0 Å². The summed E-state index contributed by atoms with van der Waals surface area (Å²) in [5, 5.41) is 4.59. The Kier molecular flexibility index (Phi) is 4.00. The van der Waals surface area contributed by atoms with Gasteiger partial charge in [0.15, 0.2) is 0 Å². The molecule has 5 heterocycles. The van der Waals surface area contributed by atoms with Gasteiger partial charge in [0, 0.05) is 49.5 Å². The fourth-order valence-corrected chi connectivity index (χ4v) is 4.66. The van der Waals surface area contributed by atoms with Crippen LogP contribution in [0.15, 0.2) is 46.1 Å². The summed E-state index contributed by atoms with van der Waals surface area (Å²) in [4.78, 5) is 31.2. The molecule has 0 radical (unpaired) electrons. The third-order valence-corrected chi connectivity index (χ3v) is 6.18. The molecule has 7 nitrogen and oxygen atoms in total. The Morgan fingerprint density at radius 3 is 2.93 bits per heavy atom. The average Bonchev–Trinajstić information content (AvgIpc) is 2.64. The average molecular weight is 381 g/mol. The lowest BCUT2D eigenvalue weighted by molar-refractivity contribution is 0.331. The zero-order valence-corrected chi connectivity index (χ0v) is 15.6. The maximum Gasteiger partial charge on any atom is 0.267 e. The first-order valence-corrected chi connectivity index (χ1v) is 10.2. The quantitative estimate of drug-likeness (QED) is 0.678. The van der Waals surface area contributed by atoms with E-state index < -0.39 is 0 Å². The molecule has 1 saturated heterocycles. The third kappa shape index (κ3) is 3.03. The van der Waals surface area contributed by atoms with E-state index in [1.54, 1.807) is 23.0 Å². The normalized spacial score (nSPS) is 17.0. The van der Waals surface area contributed by atoms with Crippen molar-refractivity contribution in [3.63, 3.8) is 0 Å². The van der Waals surface area contributed by atoms with Crippen molar-refractivity contribution < 1.29 is 0 Å².